The first kappa shape index (κ1) is 14.2. The van der Waals surface area contributed by atoms with E-state index in [1.54, 1.807) is 6.92 Å². The van der Waals surface area contributed by atoms with Crippen molar-refractivity contribution >= 4 is 5.97 Å². The quantitative estimate of drug-likeness (QED) is 0.531. The first-order chi connectivity index (χ1) is 6.93. The Morgan fingerprint density at radius 3 is 2.31 bits per heavy atom. The van der Waals surface area contributed by atoms with E-state index in [9.17, 15) is 9.90 Å². The summed E-state index contributed by atoms with van der Waals surface area (Å²) in [7, 11) is 0. The van der Waals surface area contributed by atoms with Crippen molar-refractivity contribution in [2.24, 2.45) is 5.73 Å². The Kier molecular flexibility index (Phi) is 4.74. The summed E-state index contributed by atoms with van der Waals surface area (Å²) in [5.41, 5.74) is 6.01. The van der Waals surface area contributed by atoms with Crippen molar-refractivity contribution < 1.29 is 25.6 Å². The third kappa shape index (κ3) is 2.85. The lowest BCUT2D eigenvalue weighted by Gasteiger charge is -2.16. The van der Waals surface area contributed by atoms with Gasteiger partial charge in [-0.2, -0.15) is 0 Å². The Labute approximate surface area is 92.3 Å². The second-order valence-electron chi connectivity index (χ2n) is 3.40. The van der Waals surface area contributed by atoms with E-state index in [1.807, 2.05) is 0 Å². The zero-order valence-electron chi connectivity index (χ0n) is 8.71. The van der Waals surface area contributed by atoms with Gasteiger partial charge in [-0.3, -0.25) is 4.79 Å². The summed E-state index contributed by atoms with van der Waals surface area (Å²) in [4.78, 5) is 10.6. The van der Waals surface area contributed by atoms with Crippen molar-refractivity contribution in [2.75, 3.05) is 0 Å². The van der Waals surface area contributed by atoms with Gasteiger partial charge in [-0.15, -0.1) is 0 Å². The molecule has 90 valence electrons. The van der Waals surface area contributed by atoms with Crippen LogP contribution in [0.1, 0.15) is 18.4 Å². The number of aromatic hydroxyl groups is 2. The summed E-state index contributed by atoms with van der Waals surface area (Å²) in [6.45, 7) is 1.64. The highest BCUT2D eigenvalue weighted by Gasteiger charge is 2.22. The molecule has 7 N–H and O–H groups in total. The molecule has 0 spiro atoms. The number of hydrogen-bond donors (Lipinski definition) is 4. The minimum atomic E-state index is -1.10. The Morgan fingerprint density at radius 2 is 1.88 bits per heavy atom. The molecule has 1 aromatic carbocycles. The normalized spacial score (nSPS) is 13.6. The predicted octanol–water partition coefficient (Wildman–Crippen LogP) is -0.211. The van der Waals surface area contributed by atoms with E-state index in [-0.39, 0.29) is 17.0 Å². The molecule has 16 heavy (non-hydrogen) atoms. The molecule has 0 fully saturated rings. The second-order valence-corrected chi connectivity index (χ2v) is 3.40. The summed E-state index contributed by atoms with van der Waals surface area (Å²) < 4.78 is 0. The van der Waals surface area contributed by atoms with Gasteiger partial charge >= 0.3 is 5.97 Å². The van der Waals surface area contributed by atoms with Crippen molar-refractivity contribution in [1.82, 2.24) is 0 Å². The molecule has 0 aliphatic heterocycles. The van der Waals surface area contributed by atoms with Crippen LogP contribution in [0.2, 0.25) is 0 Å². The summed E-state index contributed by atoms with van der Waals surface area (Å²) in [6, 6.07) is 3.11. The first-order valence-electron chi connectivity index (χ1n) is 4.43. The van der Waals surface area contributed by atoms with Crippen LogP contribution < -0.4 is 5.73 Å². The van der Waals surface area contributed by atoms with E-state index in [0.717, 1.165) is 0 Å². The van der Waals surface area contributed by atoms with E-state index in [0.29, 0.717) is 5.56 Å². The molecule has 1 aromatic rings. The van der Waals surface area contributed by atoms with Gasteiger partial charge in [0.25, 0.3) is 0 Å². The van der Waals surface area contributed by atoms with Crippen LogP contribution in [0.3, 0.4) is 0 Å². The van der Waals surface area contributed by atoms with Crippen molar-refractivity contribution in [3.05, 3.63) is 23.8 Å². The summed E-state index contributed by atoms with van der Waals surface area (Å²) in [6.07, 6.45) is 0. The minimum absolute atomic E-state index is 0. The van der Waals surface area contributed by atoms with Gasteiger partial charge in [-0.05, 0) is 17.7 Å². The fourth-order valence-electron chi connectivity index (χ4n) is 1.24. The van der Waals surface area contributed by atoms with Crippen LogP contribution in [0.15, 0.2) is 18.2 Å². The zero-order chi connectivity index (χ0) is 11.6. The number of carboxylic acids is 1. The van der Waals surface area contributed by atoms with Gasteiger partial charge < -0.3 is 26.5 Å². The van der Waals surface area contributed by atoms with Gasteiger partial charge in [0.15, 0.2) is 11.5 Å². The lowest BCUT2D eigenvalue weighted by molar-refractivity contribution is -0.139. The molecule has 1 rings (SSSR count). The number of rotatable bonds is 3. The average Bonchev–Trinajstić information content (AvgIpc) is 2.19. The molecule has 0 radical (unpaired) electrons. The SMILES string of the molecule is CC(c1ccc(O)c(O)c1)[C@H](N)C(=O)O.O. The maximum atomic E-state index is 10.6. The highest BCUT2D eigenvalue weighted by Crippen LogP contribution is 2.29. The third-order valence-electron chi connectivity index (χ3n) is 2.35. The number of benzene rings is 1. The highest BCUT2D eigenvalue weighted by atomic mass is 16.4. The number of phenolic OH excluding ortho intramolecular Hbond substituents is 2. The smallest absolute Gasteiger partial charge is 0.321 e. The Bertz CT molecular complexity index is 379. The van der Waals surface area contributed by atoms with E-state index < -0.39 is 17.9 Å². The molecule has 0 aliphatic carbocycles. The molecule has 0 saturated carbocycles. The molecule has 6 heteroatoms. The van der Waals surface area contributed by atoms with Gasteiger partial charge in [0.2, 0.25) is 0 Å². The van der Waals surface area contributed by atoms with Crippen LogP contribution >= 0.6 is 0 Å². The number of hydrogen-bond acceptors (Lipinski definition) is 4. The van der Waals surface area contributed by atoms with E-state index in [4.69, 9.17) is 15.9 Å². The number of carbonyl (C=O) groups is 1. The molecular weight excluding hydrogens is 214 g/mol. The molecule has 0 amide bonds. The van der Waals surface area contributed by atoms with Crippen LogP contribution in [-0.4, -0.2) is 32.8 Å². The number of carboxylic acid groups (broad SMARTS) is 1. The van der Waals surface area contributed by atoms with Crippen molar-refractivity contribution in [3.8, 4) is 11.5 Å². The van der Waals surface area contributed by atoms with Gasteiger partial charge in [0, 0.05) is 5.92 Å². The molecular formula is C10H15NO5. The van der Waals surface area contributed by atoms with Crippen molar-refractivity contribution in [2.45, 2.75) is 18.9 Å². The Morgan fingerprint density at radius 1 is 1.31 bits per heavy atom. The Hall–Kier alpha value is -1.79. The largest absolute Gasteiger partial charge is 0.504 e. The molecule has 0 bridgehead atoms. The molecule has 2 atom stereocenters. The molecule has 1 unspecified atom stereocenters. The number of aliphatic carboxylic acids is 1. The number of nitrogens with two attached hydrogens (primary N) is 1. The topological polar surface area (TPSA) is 135 Å². The fraction of sp³-hybridized carbons (Fsp3) is 0.300. The summed E-state index contributed by atoms with van der Waals surface area (Å²) in [5.74, 6) is -2.06. The molecule has 0 heterocycles. The fourth-order valence-corrected chi connectivity index (χ4v) is 1.24. The van der Waals surface area contributed by atoms with Gasteiger partial charge in [-0.1, -0.05) is 13.0 Å². The minimum Gasteiger partial charge on any atom is -0.504 e. The van der Waals surface area contributed by atoms with E-state index in [2.05, 4.69) is 0 Å². The van der Waals surface area contributed by atoms with Crippen molar-refractivity contribution in [3.63, 3.8) is 0 Å². The molecule has 0 saturated heterocycles. The third-order valence-corrected chi connectivity index (χ3v) is 2.35. The molecule has 0 aliphatic rings. The van der Waals surface area contributed by atoms with Gasteiger partial charge in [-0.25, -0.2) is 0 Å². The zero-order valence-corrected chi connectivity index (χ0v) is 8.71. The van der Waals surface area contributed by atoms with Gasteiger partial charge in [0.1, 0.15) is 6.04 Å². The maximum absolute atomic E-state index is 10.6. The molecule has 6 nitrogen and oxygen atoms in total. The second kappa shape index (κ2) is 5.34. The van der Waals surface area contributed by atoms with Crippen LogP contribution in [0, 0.1) is 0 Å². The summed E-state index contributed by atoms with van der Waals surface area (Å²) >= 11 is 0. The van der Waals surface area contributed by atoms with Crippen LogP contribution in [0.5, 0.6) is 11.5 Å². The molecule has 0 aromatic heterocycles. The summed E-state index contributed by atoms with van der Waals surface area (Å²) in [5, 5.41) is 27.0. The Balaban J connectivity index is 0.00000225. The lowest BCUT2D eigenvalue weighted by Crippen LogP contribution is -2.35. The highest BCUT2D eigenvalue weighted by molar-refractivity contribution is 5.74. The van der Waals surface area contributed by atoms with Gasteiger partial charge in [0.05, 0.1) is 0 Å². The average molecular weight is 229 g/mol. The monoisotopic (exact) mass is 229 g/mol. The lowest BCUT2D eigenvalue weighted by atomic mass is 9.94. The van der Waals surface area contributed by atoms with Crippen LogP contribution in [-0.2, 0) is 4.79 Å². The predicted molar refractivity (Wildman–Crippen MR) is 57.4 cm³/mol. The standard InChI is InChI=1S/C10H13NO4.H2O/c1-5(9(11)10(14)15)6-2-3-7(12)8(13)4-6;/h2-5,9,12-13H,11H2,1H3,(H,14,15);1H2/t5?,9-;/m0./s1. The van der Waals surface area contributed by atoms with Crippen LogP contribution in [0.4, 0.5) is 0 Å². The van der Waals surface area contributed by atoms with Crippen LogP contribution in [0.25, 0.3) is 0 Å². The number of phenols is 2. The van der Waals surface area contributed by atoms with E-state index >= 15 is 0 Å². The first-order valence-corrected chi connectivity index (χ1v) is 4.43. The van der Waals surface area contributed by atoms with E-state index in [1.165, 1.54) is 18.2 Å². The van der Waals surface area contributed by atoms with Crippen molar-refractivity contribution in [1.29, 1.82) is 0 Å². The maximum Gasteiger partial charge on any atom is 0.321 e.